The molecule has 50 valence electrons. The van der Waals surface area contributed by atoms with Crippen LogP contribution >= 0.6 is 15.9 Å². The van der Waals surface area contributed by atoms with Gasteiger partial charge in [0.2, 0.25) is 0 Å². The SMILES string of the molecule is CCn1nnc(Br)c1C. The van der Waals surface area contributed by atoms with Gasteiger partial charge in [0.1, 0.15) is 0 Å². The Morgan fingerprint density at radius 3 is 2.56 bits per heavy atom. The molecule has 0 aliphatic rings. The molecular weight excluding hydrogens is 182 g/mol. The highest BCUT2D eigenvalue weighted by Crippen LogP contribution is 2.09. The molecule has 0 spiro atoms. The molecule has 4 heteroatoms. The lowest BCUT2D eigenvalue weighted by Crippen LogP contribution is -1.98. The molecule has 0 atom stereocenters. The van der Waals surface area contributed by atoms with Crippen LogP contribution < -0.4 is 0 Å². The smallest absolute Gasteiger partial charge is 0.151 e. The number of rotatable bonds is 1. The van der Waals surface area contributed by atoms with E-state index in [0.29, 0.717) is 0 Å². The molecule has 1 aromatic heterocycles. The first kappa shape index (κ1) is 6.74. The van der Waals surface area contributed by atoms with Crippen molar-refractivity contribution in [2.75, 3.05) is 0 Å². The largest absolute Gasteiger partial charge is 0.249 e. The normalized spacial score (nSPS) is 10.1. The van der Waals surface area contributed by atoms with Crippen molar-refractivity contribution in [2.24, 2.45) is 0 Å². The van der Waals surface area contributed by atoms with Crippen molar-refractivity contribution in [3.8, 4) is 0 Å². The molecule has 3 nitrogen and oxygen atoms in total. The fourth-order valence-corrected chi connectivity index (χ4v) is 0.915. The molecule has 1 aromatic rings. The maximum absolute atomic E-state index is 3.85. The zero-order valence-corrected chi connectivity index (χ0v) is 7.01. The Labute approximate surface area is 62.2 Å². The highest BCUT2D eigenvalue weighted by atomic mass is 79.9. The Balaban J connectivity index is 3.04. The highest BCUT2D eigenvalue weighted by molar-refractivity contribution is 9.10. The van der Waals surface area contributed by atoms with Crippen LogP contribution in [0.4, 0.5) is 0 Å². The van der Waals surface area contributed by atoms with Gasteiger partial charge in [-0.05, 0) is 29.8 Å². The molecular formula is C5H8BrN3. The van der Waals surface area contributed by atoms with Crippen LogP contribution in [0.25, 0.3) is 0 Å². The Morgan fingerprint density at radius 1 is 1.67 bits per heavy atom. The van der Waals surface area contributed by atoms with Crippen molar-refractivity contribution in [1.29, 1.82) is 0 Å². The van der Waals surface area contributed by atoms with E-state index < -0.39 is 0 Å². The van der Waals surface area contributed by atoms with Crippen LogP contribution in [0.3, 0.4) is 0 Å². The third-order valence-electron chi connectivity index (χ3n) is 1.23. The first-order valence-corrected chi connectivity index (χ1v) is 3.60. The van der Waals surface area contributed by atoms with Gasteiger partial charge >= 0.3 is 0 Å². The van der Waals surface area contributed by atoms with Gasteiger partial charge in [-0.25, -0.2) is 4.68 Å². The highest BCUT2D eigenvalue weighted by Gasteiger charge is 2.00. The molecule has 0 aromatic carbocycles. The van der Waals surface area contributed by atoms with Crippen LogP contribution in [0, 0.1) is 6.92 Å². The van der Waals surface area contributed by atoms with Gasteiger partial charge in [0.05, 0.1) is 5.69 Å². The molecule has 0 saturated carbocycles. The average molecular weight is 190 g/mol. The molecule has 0 unspecified atom stereocenters. The van der Waals surface area contributed by atoms with E-state index in [1.54, 1.807) is 0 Å². The fourth-order valence-electron chi connectivity index (χ4n) is 0.640. The van der Waals surface area contributed by atoms with Crippen molar-refractivity contribution in [3.63, 3.8) is 0 Å². The van der Waals surface area contributed by atoms with Crippen molar-refractivity contribution in [2.45, 2.75) is 20.4 Å². The number of nitrogens with zero attached hydrogens (tertiary/aromatic N) is 3. The molecule has 0 aliphatic heterocycles. The van der Waals surface area contributed by atoms with Gasteiger partial charge in [-0.3, -0.25) is 0 Å². The van der Waals surface area contributed by atoms with E-state index >= 15 is 0 Å². The zero-order chi connectivity index (χ0) is 6.85. The molecule has 9 heavy (non-hydrogen) atoms. The first-order chi connectivity index (χ1) is 4.25. The summed E-state index contributed by atoms with van der Waals surface area (Å²) < 4.78 is 2.67. The molecule has 0 amide bonds. The lowest BCUT2D eigenvalue weighted by Gasteiger charge is -1.93. The molecule has 0 radical (unpaired) electrons. The van der Waals surface area contributed by atoms with Gasteiger partial charge in [0, 0.05) is 6.54 Å². The predicted octanol–water partition coefficient (Wildman–Crippen LogP) is 1.37. The lowest BCUT2D eigenvalue weighted by atomic mass is 10.5. The molecule has 1 heterocycles. The Bertz CT molecular complexity index is 206. The third kappa shape index (κ3) is 1.13. The summed E-state index contributed by atoms with van der Waals surface area (Å²) >= 11 is 3.26. The van der Waals surface area contributed by atoms with E-state index in [9.17, 15) is 0 Å². The summed E-state index contributed by atoms with van der Waals surface area (Å²) in [5.41, 5.74) is 1.08. The van der Waals surface area contributed by atoms with E-state index in [1.165, 1.54) is 0 Å². The molecule has 0 N–H and O–H groups in total. The van der Waals surface area contributed by atoms with Crippen molar-refractivity contribution >= 4 is 15.9 Å². The maximum Gasteiger partial charge on any atom is 0.151 e. The second-order valence-electron chi connectivity index (χ2n) is 1.78. The van der Waals surface area contributed by atoms with E-state index in [4.69, 9.17) is 0 Å². The van der Waals surface area contributed by atoms with Crippen LogP contribution in [0.5, 0.6) is 0 Å². The minimum atomic E-state index is 0.837. The van der Waals surface area contributed by atoms with Gasteiger partial charge in [-0.15, -0.1) is 5.10 Å². The van der Waals surface area contributed by atoms with Crippen LogP contribution in [-0.4, -0.2) is 15.0 Å². The Kier molecular flexibility index (Phi) is 1.85. The lowest BCUT2D eigenvalue weighted by molar-refractivity contribution is 0.611. The third-order valence-corrected chi connectivity index (χ3v) is 1.96. The Hall–Kier alpha value is -0.380. The molecule has 0 fully saturated rings. The Morgan fingerprint density at radius 2 is 2.33 bits per heavy atom. The van der Waals surface area contributed by atoms with Crippen LogP contribution in [0.2, 0.25) is 0 Å². The monoisotopic (exact) mass is 189 g/mol. The van der Waals surface area contributed by atoms with E-state index in [2.05, 4.69) is 26.2 Å². The van der Waals surface area contributed by atoms with Crippen molar-refractivity contribution in [3.05, 3.63) is 10.3 Å². The van der Waals surface area contributed by atoms with Gasteiger partial charge in [-0.2, -0.15) is 0 Å². The number of aromatic nitrogens is 3. The molecule has 0 saturated heterocycles. The summed E-state index contributed by atoms with van der Waals surface area (Å²) in [6.07, 6.45) is 0. The van der Waals surface area contributed by atoms with Gasteiger partial charge in [0.15, 0.2) is 4.60 Å². The van der Waals surface area contributed by atoms with Crippen molar-refractivity contribution < 1.29 is 0 Å². The topological polar surface area (TPSA) is 30.7 Å². The maximum atomic E-state index is 3.85. The van der Waals surface area contributed by atoms with Gasteiger partial charge in [-0.1, -0.05) is 5.21 Å². The minimum absolute atomic E-state index is 0.837. The second kappa shape index (κ2) is 2.47. The number of hydrogen-bond donors (Lipinski definition) is 0. The van der Waals surface area contributed by atoms with Crippen LogP contribution in [-0.2, 0) is 6.54 Å². The first-order valence-electron chi connectivity index (χ1n) is 2.81. The van der Waals surface area contributed by atoms with E-state index in [0.717, 1.165) is 16.8 Å². The summed E-state index contributed by atoms with van der Waals surface area (Å²) in [6.45, 7) is 4.89. The van der Waals surface area contributed by atoms with Crippen molar-refractivity contribution in [1.82, 2.24) is 15.0 Å². The summed E-state index contributed by atoms with van der Waals surface area (Å²) in [5.74, 6) is 0. The zero-order valence-electron chi connectivity index (χ0n) is 5.43. The number of aryl methyl sites for hydroxylation is 1. The van der Waals surface area contributed by atoms with E-state index in [-0.39, 0.29) is 0 Å². The van der Waals surface area contributed by atoms with Gasteiger partial charge < -0.3 is 0 Å². The average Bonchev–Trinajstić information content (AvgIpc) is 2.15. The molecule has 1 rings (SSSR count). The quantitative estimate of drug-likeness (QED) is 0.669. The van der Waals surface area contributed by atoms with E-state index in [1.807, 2.05) is 18.5 Å². The minimum Gasteiger partial charge on any atom is -0.249 e. The van der Waals surface area contributed by atoms with Crippen LogP contribution in [0.15, 0.2) is 4.60 Å². The fraction of sp³-hybridized carbons (Fsp3) is 0.600. The standard InChI is InChI=1S/C5H8BrN3/c1-3-9-4(2)5(6)7-8-9/h3H2,1-2H3. The summed E-state index contributed by atoms with van der Waals surface area (Å²) in [7, 11) is 0. The second-order valence-corrected chi connectivity index (χ2v) is 2.53. The molecule has 0 bridgehead atoms. The summed E-state index contributed by atoms with van der Waals surface area (Å²) in [4.78, 5) is 0. The summed E-state index contributed by atoms with van der Waals surface area (Å²) in [6, 6.07) is 0. The van der Waals surface area contributed by atoms with Gasteiger partial charge in [0.25, 0.3) is 0 Å². The number of halogens is 1. The number of hydrogen-bond acceptors (Lipinski definition) is 2. The summed E-state index contributed by atoms with van der Waals surface area (Å²) in [5, 5.41) is 7.67. The van der Waals surface area contributed by atoms with Crippen LogP contribution in [0.1, 0.15) is 12.6 Å². The molecule has 0 aliphatic carbocycles. The predicted molar refractivity (Wildman–Crippen MR) is 38.1 cm³/mol.